The van der Waals surface area contributed by atoms with E-state index in [1.807, 2.05) is 72.8 Å². The molecule has 3 aromatic carbocycles. The van der Waals surface area contributed by atoms with Crippen molar-refractivity contribution in [3.05, 3.63) is 94.3 Å². The molecule has 0 saturated carbocycles. The fourth-order valence-electron chi connectivity index (χ4n) is 3.81. The monoisotopic (exact) mass is 382 g/mol. The van der Waals surface area contributed by atoms with E-state index in [-0.39, 0.29) is 11.5 Å². The van der Waals surface area contributed by atoms with Crippen LogP contribution in [0.1, 0.15) is 17.0 Å². The smallest absolute Gasteiger partial charge is 0.257 e. The molecule has 6 nitrogen and oxygen atoms in total. The van der Waals surface area contributed by atoms with Crippen LogP contribution in [0.3, 0.4) is 0 Å². The lowest BCUT2D eigenvalue weighted by Gasteiger charge is -2.25. The molecular formula is C23H18N4O2. The summed E-state index contributed by atoms with van der Waals surface area (Å²) in [5, 5.41) is 7.98. The molecule has 0 aliphatic carbocycles. The van der Waals surface area contributed by atoms with Gasteiger partial charge in [-0.05, 0) is 34.9 Å². The van der Waals surface area contributed by atoms with Gasteiger partial charge in [-0.3, -0.25) is 14.6 Å². The van der Waals surface area contributed by atoms with Crippen LogP contribution in [-0.4, -0.2) is 15.9 Å². The molecule has 1 unspecified atom stereocenters. The third-order valence-electron chi connectivity index (χ3n) is 5.22. The second-order valence-electron chi connectivity index (χ2n) is 7.05. The molecule has 0 spiro atoms. The molecule has 6 heteroatoms. The molecule has 29 heavy (non-hydrogen) atoms. The summed E-state index contributed by atoms with van der Waals surface area (Å²) in [6.07, 6.45) is 0.309. The Morgan fingerprint density at radius 1 is 0.897 bits per heavy atom. The van der Waals surface area contributed by atoms with Gasteiger partial charge in [-0.2, -0.15) is 4.98 Å². The van der Waals surface area contributed by atoms with Crippen LogP contribution in [-0.2, 0) is 11.2 Å². The lowest BCUT2D eigenvalue weighted by atomic mass is 9.86. The maximum Gasteiger partial charge on any atom is 0.257 e. The predicted octanol–water partition coefficient (Wildman–Crippen LogP) is 3.95. The van der Waals surface area contributed by atoms with Gasteiger partial charge in [0.15, 0.2) is 0 Å². The van der Waals surface area contributed by atoms with E-state index in [4.69, 9.17) is 0 Å². The van der Waals surface area contributed by atoms with Gasteiger partial charge in [-0.25, -0.2) is 0 Å². The highest BCUT2D eigenvalue weighted by Gasteiger charge is 2.31. The Morgan fingerprint density at radius 2 is 1.66 bits per heavy atom. The first-order valence-electron chi connectivity index (χ1n) is 9.43. The van der Waals surface area contributed by atoms with Crippen molar-refractivity contribution in [3.63, 3.8) is 0 Å². The first-order chi connectivity index (χ1) is 14.2. The molecule has 1 atom stereocenters. The minimum Gasteiger partial charge on any atom is -0.326 e. The van der Waals surface area contributed by atoms with E-state index >= 15 is 0 Å². The molecule has 1 aliphatic rings. The van der Waals surface area contributed by atoms with E-state index in [1.165, 1.54) is 0 Å². The highest BCUT2D eigenvalue weighted by atomic mass is 16.2. The number of para-hydroxylation sites is 1. The zero-order valence-corrected chi connectivity index (χ0v) is 15.5. The molecule has 5 rings (SSSR count). The summed E-state index contributed by atoms with van der Waals surface area (Å²) in [6.45, 7) is 0. The van der Waals surface area contributed by atoms with Crippen LogP contribution in [0.25, 0.3) is 10.8 Å². The molecule has 1 amide bonds. The van der Waals surface area contributed by atoms with E-state index in [0.29, 0.717) is 23.8 Å². The average molecular weight is 382 g/mol. The second kappa shape index (κ2) is 6.91. The van der Waals surface area contributed by atoms with Crippen molar-refractivity contribution in [1.82, 2.24) is 9.97 Å². The topological polar surface area (TPSA) is 86.9 Å². The van der Waals surface area contributed by atoms with Crippen LogP contribution in [0.15, 0.2) is 77.6 Å². The molecule has 1 aromatic heterocycles. The van der Waals surface area contributed by atoms with Crippen molar-refractivity contribution < 1.29 is 4.79 Å². The van der Waals surface area contributed by atoms with Gasteiger partial charge in [-0.15, -0.1) is 0 Å². The highest BCUT2D eigenvalue weighted by Crippen LogP contribution is 2.33. The van der Waals surface area contributed by atoms with Crippen molar-refractivity contribution in [1.29, 1.82) is 0 Å². The van der Waals surface area contributed by atoms with E-state index in [1.54, 1.807) is 0 Å². The van der Waals surface area contributed by atoms with Crippen molar-refractivity contribution in [2.75, 3.05) is 10.6 Å². The molecule has 2 heterocycles. The zero-order chi connectivity index (χ0) is 19.8. The number of nitrogens with zero attached hydrogens (tertiary/aromatic N) is 1. The van der Waals surface area contributed by atoms with Crippen LogP contribution in [0.5, 0.6) is 0 Å². The molecule has 0 fully saturated rings. The van der Waals surface area contributed by atoms with Crippen molar-refractivity contribution in [2.24, 2.45) is 0 Å². The van der Waals surface area contributed by atoms with Crippen molar-refractivity contribution in [2.45, 2.75) is 12.3 Å². The molecule has 3 N–H and O–H groups in total. The van der Waals surface area contributed by atoms with Crippen molar-refractivity contribution in [3.8, 4) is 0 Å². The number of benzene rings is 3. The van der Waals surface area contributed by atoms with Crippen LogP contribution in [0.4, 0.5) is 17.5 Å². The third-order valence-corrected chi connectivity index (χ3v) is 5.22. The summed E-state index contributed by atoms with van der Waals surface area (Å²) in [7, 11) is 0. The molecule has 1 aliphatic heterocycles. The quantitative estimate of drug-likeness (QED) is 0.501. The number of H-pyrrole nitrogens is 1. The van der Waals surface area contributed by atoms with E-state index in [9.17, 15) is 9.59 Å². The van der Waals surface area contributed by atoms with Gasteiger partial charge in [0.25, 0.3) is 5.56 Å². The number of hydrogen-bond donors (Lipinski definition) is 3. The number of aromatic amines is 1. The predicted molar refractivity (Wildman–Crippen MR) is 114 cm³/mol. The zero-order valence-electron chi connectivity index (χ0n) is 15.5. The normalized spacial score (nSPS) is 15.6. The largest absolute Gasteiger partial charge is 0.326 e. The summed E-state index contributed by atoms with van der Waals surface area (Å²) >= 11 is 0. The summed E-state index contributed by atoms with van der Waals surface area (Å²) in [5.41, 5.74) is 1.95. The highest BCUT2D eigenvalue weighted by molar-refractivity contribution is 6.01. The third kappa shape index (κ3) is 3.14. The standard InChI is InChI=1S/C23H18N4O2/c28-21-18(17-12-6-8-14-7-4-5-11-16(14)17)13-19-20(25-21)26-23(27-22(19)29)24-15-9-2-1-3-10-15/h1-12,18H,13H2,(H3,24,25,26,27,28,29). The van der Waals surface area contributed by atoms with Crippen LogP contribution in [0, 0.1) is 0 Å². The fraction of sp³-hybridized carbons (Fsp3) is 0.0870. The summed E-state index contributed by atoms with van der Waals surface area (Å²) < 4.78 is 0. The number of anilines is 3. The molecule has 0 saturated heterocycles. The maximum absolute atomic E-state index is 12.9. The molecule has 4 aromatic rings. The lowest BCUT2D eigenvalue weighted by molar-refractivity contribution is -0.117. The van der Waals surface area contributed by atoms with Gasteiger partial charge in [-0.1, -0.05) is 60.7 Å². The van der Waals surface area contributed by atoms with E-state index in [0.717, 1.165) is 22.0 Å². The van der Waals surface area contributed by atoms with E-state index < -0.39 is 5.92 Å². The first-order valence-corrected chi connectivity index (χ1v) is 9.43. The molecular weight excluding hydrogens is 364 g/mol. The SMILES string of the molecule is O=C1Nc2nc(Nc3ccccc3)[nH]c(=O)c2CC1c1cccc2ccccc12. The maximum atomic E-state index is 12.9. The number of rotatable bonds is 3. The molecule has 0 bridgehead atoms. The Labute approximate surface area is 166 Å². The van der Waals surface area contributed by atoms with Gasteiger partial charge in [0, 0.05) is 5.69 Å². The number of hydrogen-bond acceptors (Lipinski definition) is 4. The number of aromatic nitrogens is 2. The van der Waals surface area contributed by atoms with Crippen molar-refractivity contribution >= 4 is 34.1 Å². The Morgan fingerprint density at radius 3 is 2.52 bits per heavy atom. The summed E-state index contributed by atoms with van der Waals surface area (Å²) in [4.78, 5) is 32.8. The van der Waals surface area contributed by atoms with Gasteiger partial charge < -0.3 is 10.6 Å². The number of nitrogens with one attached hydrogen (secondary N) is 3. The number of fused-ring (bicyclic) bond motifs is 2. The minimum atomic E-state index is -0.440. The van der Waals surface area contributed by atoms with Crippen LogP contribution < -0.4 is 16.2 Å². The Balaban J connectivity index is 1.52. The summed E-state index contributed by atoms with van der Waals surface area (Å²) in [6, 6.07) is 23.3. The van der Waals surface area contributed by atoms with Gasteiger partial charge in [0.05, 0.1) is 11.5 Å². The molecule has 142 valence electrons. The second-order valence-corrected chi connectivity index (χ2v) is 7.05. The number of carbonyl (C=O) groups is 1. The van der Waals surface area contributed by atoms with Gasteiger partial charge in [0.2, 0.25) is 11.9 Å². The average Bonchev–Trinajstić information content (AvgIpc) is 2.74. The Kier molecular flexibility index (Phi) is 4.09. The van der Waals surface area contributed by atoms with Crippen LogP contribution >= 0.6 is 0 Å². The summed E-state index contributed by atoms with van der Waals surface area (Å²) in [5.74, 6) is 0.0135. The fourth-order valence-corrected chi connectivity index (χ4v) is 3.81. The number of carbonyl (C=O) groups excluding carboxylic acids is 1. The Hall–Kier alpha value is -3.93. The Bertz CT molecular complexity index is 1280. The first kappa shape index (κ1) is 17.2. The van der Waals surface area contributed by atoms with Gasteiger partial charge >= 0.3 is 0 Å². The van der Waals surface area contributed by atoms with Crippen LogP contribution in [0.2, 0.25) is 0 Å². The minimum absolute atomic E-state index is 0.155. The van der Waals surface area contributed by atoms with Gasteiger partial charge in [0.1, 0.15) is 5.82 Å². The number of amides is 1. The van der Waals surface area contributed by atoms with E-state index in [2.05, 4.69) is 20.6 Å². The molecule has 0 radical (unpaired) electrons. The lowest BCUT2D eigenvalue weighted by Crippen LogP contribution is -2.33.